The van der Waals surface area contributed by atoms with Gasteiger partial charge < -0.3 is 28.6 Å². The summed E-state index contributed by atoms with van der Waals surface area (Å²) in [6.07, 6.45) is 34.9. The highest BCUT2D eigenvalue weighted by Crippen LogP contribution is 2.13. The molecule has 0 heterocycles. The van der Waals surface area contributed by atoms with Gasteiger partial charge in [0.15, 0.2) is 6.10 Å². The van der Waals surface area contributed by atoms with Crippen LogP contribution in [0.1, 0.15) is 174 Å². The molecule has 50 heavy (non-hydrogen) atoms. The predicted molar refractivity (Wildman–Crippen MR) is 204 cm³/mol. The van der Waals surface area contributed by atoms with Crippen LogP contribution in [0.3, 0.4) is 0 Å². The molecule has 8 heteroatoms. The van der Waals surface area contributed by atoms with Crippen LogP contribution >= 0.6 is 0 Å². The van der Waals surface area contributed by atoms with Gasteiger partial charge in [0.2, 0.25) is 0 Å². The van der Waals surface area contributed by atoms with Gasteiger partial charge in [-0.3, -0.25) is 9.59 Å². The minimum Gasteiger partial charge on any atom is -0.544 e. The van der Waals surface area contributed by atoms with Crippen molar-refractivity contribution >= 4 is 17.9 Å². The van der Waals surface area contributed by atoms with E-state index in [9.17, 15) is 19.5 Å². The van der Waals surface area contributed by atoms with Crippen LogP contribution in [0.15, 0.2) is 24.3 Å². The van der Waals surface area contributed by atoms with E-state index in [1.165, 1.54) is 89.9 Å². The molecule has 0 aromatic rings. The first-order valence-corrected chi connectivity index (χ1v) is 20.4. The fraction of sp³-hybridized carbons (Fsp3) is 0.833. The van der Waals surface area contributed by atoms with Crippen molar-refractivity contribution in [3.63, 3.8) is 0 Å². The van der Waals surface area contributed by atoms with Crippen molar-refractivity contribution in [3.05, 3.63) is 24.3 Å². The molecule has 0 aromatic carbocycles. The van der Waals surface area contributed by atoms with Crippen LogP contribution in [0.5, 0.6) is 0 Å². The number of carbonyl (C=O) groups excluding carboxylic acids is 3. The van der Waals surface area contributed by atoms with Crippen molar-refractivity contribution in [3.8, 4) is 0 Å². The van der Waals surface area contributed by atoms with Gasteiger partial charge in [0.05, 0.1) is 40.3 Å². The molecule has 0 bridgehead atoms. The molecule has 2 unspecified atom stereocenters. The number of unbranched alkanes of at least 4 members (excludes halogenated alkanes) is 18. The summed E-state index contributed by atoms with van der Waals surface area (Å²) in [5.74, 6) is -1.75. The van der Waals surface area contributed by atoms with Crippen LogP contribution in [0.25, 0.3) is 0 Å². The summed E-state index contributed by atoms with van der Waals surface area (Å²) in [5.41, 5.74) is 0. The van der Waals surface area contributed by atoms with Crippen LogP contribution in [-0.2, 0) is 28.6 Å². The molecule has 0 aliphatic heterocycles. The maximum absolute atomic E-state index is 12.7. The topological polar surface area (TPSA) is 102 Å². The van der Waals surface area contributed by atoms with Crippen molar-refractivity contribution in [2.75, 3.05) is 41.0 Å². The number of hydrogen-bond acceptors (Lipinski definition) is 7. The molecule has 0 amide bonds. The first-order chi connectivity index (χ1) is 24.1. The maximum Gasteiger partial charge on any atom is 0.306 e. The van der Waals surface area contributed by atoms with Gasteiger partial charge in [-0.1, -0.05) is 134 Å². The summed E-state index contributed by atoms with van der Waals surface area (Å²) >= 11 is 0. The van der Waals surface area contributed by atoms with E-state index in [0.29, 0.717) is 12.8 Å². The summed E-state index contributed by atoms with van der Waals surface area (Å²) in [6.45, 7) is 4.60. The fourth-order valence-corrected chi connectivity index (χ4v) is 5.86. The molecule has 0 aliphatic carbocycles. The second-order valence-corrected chi connectivity index (χ2v) is 14.9. The van der Waals surface area contributed by atoms with Crippen LogP contribution in [0, 0.1) is 0 Å². The van der Waals surface area contributed by atoms with Gasteiger partial charge in [-0.05, 0) is 44.9 Å². The number of allylic oxidation sites excluding steroid dienone is 4. The number of ether oxygens (including phenoxy) is 3. The van der Waals surface area contributed by atoms with Gasteiger partial charge in [0.1, 0.15) is 12.6 Å². The van der Waals surface area contributed by atoms with Gasteiger partial charge in [0.25, 0.3) is 0 Å². The number of carboxylic acids is 1. The molecular weight excluding hydrogens is 630 g/mol. The molecule has 0 aromatic heterocycles. The van der Waals surface area contributed by atoms with Crippen molar-refractivity contribution in [1.82, 2.24) is 0 Å². The molecule has 0 spiro atoms. The highest BCUT2D eigenvalue weighted by molar-refractivity contribution is 5.70. The van der Waals surface area contributed by atoms with E-state index < -0.39 is 18.1 Å². The summed E-state index contributed by atoms with van der Waals surface area (Å²) in [6, 6.07) is -0.723. The minimum atomic E-state index is -1.13. The number of carbonyl (C=O) groups is 3. The second kappa shape index (κ2) is 33.9. The van der Waals surface area contributed by atoms with Crippen molar-refractivity contribution < 1.29 is 38.2 Å². The number of nitrogens with zero attached hydrogens (tertiary/aromatic N) is 1. The smallest absolute Gasteiger partial charge is 0.306 e. The normalized spacial score (nSPS) is 13.2. The second-order valence-electron chi connectivity index (χ2n) is 14.9. The molecule has 0 rings (SSSR count). The van der Waals surface area contributed by atoms with E-state index in [0.717, 1.165) is 51.4 Å². The highest BCUT2D eigenvalue weighted by Gasteiger charge is 2.25. The Morgan fingerprint density at radius 2 is 1.06 bits per heavy atom. The molecule has 2 atom stereocenters. The first-order valence-electron chi connectivity index (χ1n) is 20.4. The van der Waals surface area contributed by atoms with E-state index in [4.69, 9.17) is 14.2 Å². The number of rotatable bonds is 36. The molecule has 0 fully saturated rings. The molecule has 0 radical (unpaired) electrons. The maximum atomic E-state index is 12.7. The Bertz CT molecular complexity index is 880. The Hall–Kier alpha value is -2.19. The Balaban J connectivity index is 4.33. The zero-order valence-electron chi connectivity index (χ0n) is 33.1. The molecule has 8 nitrogen and oxygen atoms in total. The fourth-order valence-electron chi connectivity index (χ4n) is 5.86. The highest BCUT2D eigenvalue weighted by atomic mass is 16.6. The van der Waals surface area contributed by atoms with Crippen molar-refractivity contribution in [1.29, 1.82) is 0 Å². The SMILES string of the molecule is CCCCCC/C=C\C/C=C\CCCCCCCCCC(=O)OC(COCCC(C(=O)[O-])[N+](C)(C)C)COC(=O)CCCCCCCCCC. The predicted octanol–water partition coefficient (Wildman–Crippen LogP) is 9.19. The standard InChI is InChI=1S/C42H77NO7/c1-6-8-10-12-14-16-17-18-19-20-21-22-23-24-25-27-29-31-33-41(45)50-38(36-48-35-34-39(42(46)47)43(3,4)5)37-49-40(44)32-30-28-26-15-13-11-9-7-2/h16-17,19-20,38-39H,6-15,18,21-37H2,1-5H3/b17-16-,20-19-. The van der Waals surface area contributed by atoms with E-state index in [1.807, 2.05) is 0 Å². The summed E-state index contributed by atoms with van der Waals surface area (Å²) in [5, 5.41) is 11.6. The van der Waals surface area contributed by atoms with Crippen molar-refractivity contribution in [2.45, 2.75) is 187 Å². The van der Waals surface area contributed by atoms with Gasteiger partial charge >= 0.3 is 11.9 Å². The Kier molecular flexibility index (Phi) is 32.4. The monoisotopic (exact) mass is 708 g/mol. The molecule has 0 saturated carbocycles. The van der Waals surface area contributed by atoms with Crippen LogP contribution in [0.4, 0.5) is 0 Å². The molecule has 292 valence electrons. The molecule has 0 aliphatic rings. The van der Waals surface area contributed by atoms with Gasteiger partial charge in [-0.2, -0.15) is 0 Å². The van der Waals surface area contributed by atoms with E-state index in [1.54, 1.807) is 21.1 Å². The number of carboxylic acid groups (broad SMARTS) is 1. The van der Waals surface area contributed by atoms with E-state index in [-0.39, 0.29) is 42.7 Å². The number of quaternary nitrogens is 1. The van der Waals surface area contributed by atoms with E-state index in [2.05, 4.69) is 38.2 Å². The van der Waals surface area contributed by atoms with Crippen molar-refractivity contribution in [2.24, 2.45) is 0 Å². The third kappa shape index (κ3) is 31.8. The van der Waals surface area contributed by atoms with Gasteiger partial charge in [-0.25, -0.2) is 0 Å². The Morgan fingerprint density at radius 3 is 1.56 bits per heavy atom. The molecule has 0 N–H and O–H groups in total. The number of hydrogen-bond donors (Lipinski definition) is 0. The summed E-state index contributed by atoms with van der Waals surface area (Å²) < 4.78 is 17.1. The third-order valence-corrected chi connectivity index (χ3v) is 9.09. The molecule has 0 saturated heterocycles. The minimum absolute atomic E-state index is 0.0404. The van der Waals surface area contributed by atoms with Gasteiger partial charge in [-0.15, -0.1) is 0 Å². The quantitative estimate of drug-likeness (QED) is 0.0277. The third-order valence-electron chi connectivity index (χ3n) is 9.09. The van der Waals surface area contributed by atoms with Crippen LogP contribution < -0.4 is 5.11 Å². The Morgan fingerprint density at radius 1 is 0.600 bits per heavy atom. The van der Waals surface area contributed by atoms with E-state index >= 15 is 0 Å². The summed E-state index contributed by atoms with van der Waals surface area (Å²) in [7, 11) is 5.39. The lowest BCUT2D eigenvalue weighted by Gasteiger charge is -2.34. The average molecular weight is 708 g/mol. The summed E-state index contributed by atoms with van der Waals surface area (Å²) in [4.78, 5) is 36.6. The first kappa shape index (κ1) is 47.8. The lowest BCUT2D eigenvalue weighted by Crippen LogP contribution is -2.55. The number of aliphatic carboxylic acids is 1. The Labute approximate surface area is 307 Å². The lowest BCUT2D eigenvalue weighted by atomic mass is 10.1. The lowest BCUT2D eigenvalue weighted by molar-refractivity contribution is -0.889. The molecular formula is C42H77NO7. The average Bonchev–Trinajstić information content (AvgIpc) is 3.06. The number of likely N-dealkylation sites (N-methyl/N-ethyl adjacent to an activating group) is 1. The largest absolute Gasteiger partial charge is 0.544 e. The van der Waals surface area contributed by atoms with Gasteiger partial charge in [0, 0.05) is 19.3 Å². The zero-order chi connectivity index (χ0) is 37.1. The van der Waals surface area contributed by atoms with Crippen LogP contribution in [0.2, 0.25) is 0 Å². The number of esters is 2. The zero-order valence-corrected chi connectivity index (χ0v) is 33.1. The van der Waals surface area contributed by atoms with Crippen LogP contribution in [-0.4, -0.2) is 75.5 Å².